The first kappa shape index (κ1) is 22.4. The van der Waals surface area contributed by atoms with E-state index in [1.807, 2.05) is 20.8 Å². The van der Waals surface area contributed by atoms with E-state index in [1.165, 1.54) is 6.07 Å². The fraction of sp³-hybridized carbons (Fsp3) is 0.529. The molecule has 0 aromatic heterocycles. The molecule has 0 saturated heterocycles. The lowest BCUT2D eigenvalue weighted by Crippen LogP contribution is -2.55. The van der Waals surface area contributed by atoms with E-state index >= 15 is 0 Å². The summed E-state index contributed by atoms with van der Waals surface area (Å²) in [5.74, 6) is 0.311. The van der Waals surface area contributed by atoms with Gasteiger partial charge in [-0.05, 0) is 31.9 Å². The van der Waals surface area contributed by atoms with Gasteiger partial charge in [0.2, 0.25) is 5.91 Å². The first-order valence-electron chi connectivity index (χ1n) is 8.30. The summed E-state index contributed by atoms with van der Waals surface area (Å²) >= 11 is 0. The summed E-state index contributed by atoms with van der Waals surface area (Å²) in [6, 6.07) is 6.27. The van der Waals surface area contributed by atoms with Crippen molar-refractivity contribution in [2.75, 3.05) is 6.54 Å². The highest BCUT2D eigenvalue weighted by molar-refractivity contribution is 7.90. The minimum atomic E-state index is -3.57. The molecule has 1 amide bonds. The number of amidine groups is 1. The molecule has 0 aliphatic carbocycles. The molecule has 146 valence electrons. The zero-order valence-corrected chi connectivity index (χ0v) is 17.1. The number of amides is 1. The summed E-state index contributed by atoms with van der Waals surface area (Å²) in [5, 5.41) is 2.96. The Hall–Kier alpha value is -1.64. The molecule has 1 aromatic rings. The SMILES string of the molecule is CC(CC(=O)NC(C)(CN)C(C)C)N=C1NS(=O)(=O)c2ccccc21.Cl. The lowest BCUT2D eigenvalue weighted by atomic mass is 9.88. The van der Waals surface area contributed by atoms with Gasteiger partial charge in [-0.3, -0.25) is 14.5 Å². The molecule has 0 saturated carbocycles. The number of nitrogens with zero attached hydrogens (tertiary/aromatic N) is 1. The van der Waals surface area contributed by atoms with Crippen LogP contribution in [0.4, 0.5) is 0 Å². The first-order valence-corrected chi connectivity index (χ1v) is 9.78. The highest BCUT2D eigenvalue weighted by Gasteiger charge is 2.31. The number of nitrogens with one attached hydrogen (secondary N) is 2. The van der Waals surface area contributed by atoms with E-state index in [9.17, 15) is 13.2 Å². The molecule has 1 heterocycles. The van der Waals surface area contributed by atoms with Crippen molar-refractivity contribution in [1.82, 2.24) is 10.0 Å². The van der Waals surface area contributed by atoms with E-state index in [1.54, 1.807) is 25.1 Å². The Labute approximate surface area is 161 Å². The van der Waals surface area contributed by atoms with E-state index < -0.39 is 15.6 Å². The number of rotatable bonds is 6. The lowest BCUT2D eigenvalue weighted by molar-refractivity contribution is -0.123. The second-order valence-electron chi connectivity index (χ2n) is 6.96. The van der Waals surface area contributed by atoms with Gasteiger partial charge in [-0.15, -0.1) is 12.4 Å². The molecule has 1 aromatic carbocycles. The third-order valence-corrected chi connectivity index (χ3v) is 6.01. The number of hydrogen-bond donors (Lipinski definition) is 3. The summed E-state index contributed by atoms with van der Waals surface area (Å²) < 4.78 is 26.6. The summed E-state index contributed by atoms with van der Waals surface area (Å²) in [6.07, 6.45) is 0.149. The maximum absolute atomic E-state index is 12.3. The number of aliphatic imine (C=N–C) groups is 1. The Balaban J connectivity index is 0.00000338. The van der Waals surface area contributed by atoms with Gasteiger partial charge in [-0.2, -0.15) is 0 Å². The molecule has 0 spiro atoms. The van der Waals surface area contributed by atoms with E-state index in [0.717, 1.165) is 0 Å². The van der Waals surface area contributed by atoms with Gasteiger partial charge in [0.25, 0.3) is 10.0 Å². The minimum absolute atomic E-state index is 0. The number of nitrogens with two attached hydrogens (primary N) is 1. The van der Waals surface area contributed by atoms with Crippen LogP contribution in [-0.2, 0) is 14.8 Å². The van der Waals surface area contributed by atoms with Crippen LogP contribution < -0.4 is 15.8 Å². The maximum Gasteiger partial charge on any atom is 0.263 e. The van der Waals surface area contributed by atoms with Gasteiger partial charge < -0.3 is 11.1 Å². The number of sulfonamides is 1. The molecule has 26 heavy (non-hydrogen) atoms. The molecule has 1 aliphatic heterocycles. The summed E-state index contributed by atoms with van der Waals surface area (Å²) in [6.45, 7) is 8.03. The van der Waals surface area contributed by atoms with Crippen molar-refractivity contribution < 1.29 is 13.2 Å². The normalized spacial score (nSPS) is 19.8. The molecule has 0 radical (unpaired) electrons. The van der Waals surface area contributed by atoms with Crippen LogP contribution in [0.1, 0.15) is 39.7 Å². The molecule has 9 heteroatoms. The quantitative estimate of drug-likeness (QED) is 0.667. The highest BCUT2D eigenvalue weighted by atomic mass is 35.5. The van der Waals surface area contributed by atoms with Crippen LogP contribution in [0.3, 0.4) is 0 Å². The van der Waals surface area contributed by atoms with Crippen LogP contribution in [0, 0.1) is 5.92 Å². The summed E-state index contributed by atoms with van der Waals surface area (Å²) in [5.41, 5.74) is 5.83. The zero-order chi connectivity index (χ0) is 18.8. The van der Waals surface area contributed by atoms with Gasteiger partial charge in [-0.25, -0.2) is 8.42 Å². The van der Waals surface area contributed by atoms with Crippen LogP contribution in [0.15, 0.2) is 34.2 Å². The number of benzene rings is 1. The number of carbonyl (C=O) groups excluding carboxylic acids is 1. The molecular formula is C17H27ClN4O3S. The third kappa shape index (κ3) is 4.75. The summed E-state index contributed by atoms with van der Waals surface area (Å²) in [4.78, 5) is 16.9. The minimum Gasteiger partial charge on any atom is -0.349 e. The predicted octanol–water partition coefficient (Wildman–Crippen LogP) is 1.42. The van der Waals surface area contributed by atoms with Crippen molar-refractivity contribution in [2.24, 2.45) is 16.6 Å². The van der Waals surface area contributed by atoms with Crippen LogP contribution in [0.25, 0.3) is 0 Å². The largest absolute Gasteiger partial charge is 0.349 e. The van der Waals surface area contributed by atoms with E-state index in [0.29, 0.717) is 12.1 Å². The monoisotopic (exact) mass is 402 g/mol. The van der Waals surface area contributed by atoms with Gasteiger partial charge in [-0.1, -0.05) is 26.0 Å². The molecule has 2 unspecified atom stereocenters. The van der Waals surface area contributed by atoms with Crippen LogP contribution in [0.5, 0.6) is 0 Å². The van der Waals surface area contributed by atoms with E-state index in [2.05, 4.69) is 15.0 Å². The highest BCUT2D eigenvalue weighted by Crippen LogP contribution is 2.23. The topological polar surface area (TPSA) is 114 Å². The molecule has 2 atom stereocenters. The van der Waals surface area contributed by atoms with Gasteiger partial charge in [0.1, 0.15) is 5.84 Å². The van der Waals surface area contributed by atoms with Crippen LogP contribution in [0.2, 0.25) is 0 Å². The molecule has 0 fully saturated rings. The van der Waals surface area contributed by atoms with Crippen molar-refractivity contribution in [3.8, 4) is 0 Å². The fourth-order valence-electron chi connectivity index (χ4n) is 2.56. The number of hydrogen-bond acceptors (Lipinski definition) is 5. The van der Waals surface area contributed by atoms with Crippen LogP contribution in [-0.4, -0.2) is 38.3 Å². The van der Waals surface area contributed by atoms with Gasteiger partial charge in [0.05, 0.1) is 16.5 Å². The maximum atomic E-state index is 12.3. The Bertz CT molecular complexity index is 795. The summed E-state index contributed by atoms with van der Waals surface area (Å²) in [7, 11) is -3.57. The van der Waals surface area contributed by atoms with Crippen molar-refractivity contribution in [2.45, 2.75) is 50.6 Å². The predicted molar refractivity (Wildman–Crippen MR) is 105 cm³/mol. The number of fused-ring (bicyclic) bond motifs is 1. The van der Waals surface area contributed by atoms with E-state index in [4.69, 9.17) is 5.73 Å². The van der Waals surface area contributed by atoms with Gasteiger partial charge >= 0.3 is 0 Å². The Morgan fingerprint density at radius 3 is 2.50 bits per heavy atom. The molecule has 0 bridgehead atoms. The molecule has 7 nitrogen and oxygen atoms in total. The first-order chi connectivity index (χ1) is 11.6. The van der Waals surface area contributed by atoms with Gasteiger partial charge in [0.15, 0.2) is 0 Å². The Morgan fingerprint density at radius 2 is 1.92 bits per heavy atom. The van der Waals surface area contributed by atoms with Crippen molar-refractivity contribution in [3.05, 3.63) is 29.8 Å². The number of halogens is 1. The van der Waals surface area contributed by atoms with Crippen LogP contribution >= 0.6 is 12.4 Å². The van der Waals surface area contributed by atoms with Crippen molar-refractivity contribution in [1.29, 1.82) is 0 Å². The van der Waals surface area contributed by atoms with Crippen molar-refractivity contribution >= 4 is 34.2 Å². The zero-order valence-electron chi connectivity index (χ0n) is 15.4. The second-order valence-corrected chi connectivity index (χ2v) is 8.61. The molecule has 1 aliphatic rings. The second kappa shape index (κ2) is 8.37. The molecule has 2 rings (SSSR count). The average Bonchev–Trinajstić information content (AvgIpc) is 2.78. The van der Waals surface area contributed by atoms with Crippen molar-refractivity contribution in [3.63, 3.8) is 0 Å². The standard InChI is InChI=1S/C17H26N4O3S.ClH/c1-11(2)17(4,10-18)20-15(22)9-12(3)19-16-13-7-5-6-8-14(13)25(23,24)21-16;/h5-8,11-12H,9-10,18H2,1-4H3,(H,19,21)(H,20,22);1H. The lowest BCUT2D eigenvalue weighted by Gasteiger charge is -2.33. The third-order valence-electron chi connectivity index (χ3n) is 4.62. The fourth-order valence-corrected chi connectivity index (χ4v) is 3.80. The average molecular weight is 403 g/mol. The Morgan fingerprint density at radius 1 is 1.31 bits per heavy atom. The molecule has 4 N–H and O–H groups in total. The smallest absolute Gasteiger partial charge is 0.263 e. The van der Waals surface area contributed by atoms with E-state index in [-0.39, 0.29) is 47.4 Å². The molecular weight excluding hydrogens is 376 g/mol. The Kier molecular flexibility index (Phi) is 7.21. The number of carbonyl (C=O) groups is 1. The van der Waals surface area contributed by atoms with Gasteiger partial charge in [0, 0.05) is 18.5 Å².